The summed E-state index contributed by atoms with van der Waals surface area (Å²) in [5.74, 6) is 0. The lowest BCUT2D eigenvalue weighted by Crippen LogP contribution is -2.45. The fourth-order valence-electron chi connectivity index (χ4n) is 2.06. The topological polar surface area (TPSA) is 30.5 Å². The first-order valence-electron chi connectivity index (χ1n) is 3.44. The van der Waals surface area contributed by atoms with Crippen molar-refractivity contribution in [3.63, 3.8) is 0 Å². The molecule has 0 aromatic heterocycles. The molecule has 0 spiro atoms. The quantitative estimate of drug-likeness (QED) is 0.458. The van der Waals surface area contributed by atoms with E-state index in [0.717, 1.165) is 13.2 Å². The summed E-state index contributed by atoms with van der Waals surface area (Å²) in [4.78, 5) is 0. The molecule has 9 heavy (non-hydrogen) atoms. The highest BCUT2D eigenvalue weighted by atomic mass is 16.6. The van der Waals surface area contributed by atoms with Gasteiger partial charge in [0.1, 0.15) is 12.2 Å². The molecule has 3 heterocycles. The monoisotopic (exact) mass is 127 g/mol. The molecule has 3 saturated heterocycles. The predicted molar refractivity (Wildman–Crippen MR) is 30.2 cm³/mol. The van der Waals surface area contributed by atoms with E-state index in [-0.39, 0.29) is 0 Å². The van der Waals surface area contributed by atoms with Gasteiger partial charge in [0.25, 0.3) is 0 Å². The first kappa shape index (κ1) is 4.66. The molecular weight excluding hydrogens is 118 g/mol. The Balaban J connectivity index is 2.02. The largest absolute Gasteiger partial charge is 0.372 e. The van der Waals surface area contributed by atoms with Gasteiger partial charge in [0.15, 0.2) is 0 Å². The molecule has 0 aliphatic carbocycles. The zero-order valence-corrected chi connectivity index (χ0v) is 5.04. The number of nitrogens with one attached hydrogen (secondary N) is 1. The van der Waals surface area contributed by atoms with E-state index >= 15 is 0 Å². The number of rotatable bonds is 0. The summed E-state index contributed by atoms with van der Waals surface area (Å²) in [6.07, 6.45) is 0.769. The smallest absolute Gasteiger partial charge is 0.103 e. The normalized spacial score (nSPS) is 61.3. The molecule has 3 aliphatic heterocycles. The van der Waals surface area contributed by atoms with Gasteiger partial charge in [-0.1, -0.05) is 0 Å². The van der Waals surface area contributed by atoms with Crippen LogP contribution in [0, 0.1) is 0 Å². The zero-order chi connectivity index (χ0) is 5.84. The molecule has 1 N–H and O–H groups in total. The lowest BCUT2D eigenvalue weighted by Gasteiger charge is -2.22. The summed E-state index contributed by atoms with van der Waals surface area (Å²) in [7, 11) is 0. The molecule has 3 heteroatoms. The second-order valence-electron chi connectivity index (χ2n) is 2.98. The van der Waals surface area contributed by atoms with E-state index in [1.165, 1.54) is 0 Å². The molecule has 3 rings (SSSR count). The Morgan fingerprint density at radius 2 is 1.56 bits per heavy atom. The van der Waals surface area contributed by atoms with Crippen LogP contribution < -0.4 is 5.32 Å². The van der Waals surface area contributed by atoms with Crippen molar-refractivity contribution < 1.29 is 9.47 Å². The predicted octanol–water partition coefficient (Wildman–Crippen LogP) is -0.876. The van der Waals surface area contributed by atoms with Crippen molar-refractivity contribution in [1.82, 2.24) is 5.32 Å². The fraction of sp³-hybridized carbons (Fsp3) is 1.00. The van der Waals surface area contributed by atoms with E-state index in [4.69, 9.17) is 9.47 Å². The molecule has 0 unspecified atom stereocenters. The standard InChI is InChI=1S/C6H9NO2/c1-3-5-6(8-1)4(7-3)2-9-5/h3-7H,1-2H2/t3-,4-,5-,6-/m1/s1. The van der Waals surface area contributed by atoms with E-state index in [2.05, 4.69) is 5.32 Å². The SMILES string of the molecule is C1O[C@H]2[C@@H]3OC[C@H]2N[C@H]13. The average Bonchev–Trinajstić information content (AvgIpc) is 2.50. The minimum absolute atomic E-state index is 0.384. The van der Waals surface area contributed by atoms with Crippen LogP contribution in [0.1, 0.15) is 0 Å². The number of morpholine rings is 2. The van der Waals surface area contributed by atoms with Crippen molar-refractivity contribution in [3.05, 3.63) is 0 Å². The van der Waals surface area contributed by atoms with E-state index in [9.17, 15) is 0 Å². The van der Waals surface area contributed by atoms with Crippen molar-refractivity contribution >= 4 is 0 Å². The lowest BCUT2D eigenvalue weighted by molar-refractivity contribution is 0.0598. The van der Waals surface area contributed by atoms with Gasteiger partial charge in [-0.15, -0.1) is 0 Å². The Morgan fingerprint density at radius 1 is 1.00 bits per heavy atom. The van der Waals surface area contributed by atoms with Crippen LogP contribution in [0.2, 0.25) is 0 Å². The first-order chi connectivity index (χ1) is 4.45. The molecule has 0 aromatic rings. The van der Waals surface area contributed by atoms with Crippen molar-refractivity contribution in [2.75, 3.05) is 13.2 Å². The van der Waals surface area contributed by atoms with E-state index < -0.39 is 0 Å². The molecule has 50 valence electrons. The Hall–Kier alpha value is -0.120. The molecule has 4 atom stereocenters. The summed E-state index contributed by atoms with van der Waals surface area (Å²) in [6.45, 7) is 1.71. The summed E-state index contributed by atoms with van der Waals surface area (Å²) in [6, 6.07) is 1.02. The van der Waals surface area contributed by atoms with Crippen LogP contribution >= 0.6 is 0 Å². The maximum absolute atomic E-state index is 5.45. The first-order valence-corrected chi connectivity index (χ1v) is 3.44. The van der Waals surface area contributed by atoms with Gasteiger partial charge in [0, 0.05) is 0 Å². The van der Waals surface area contributed by atoms with E-state index in [1.807, 2.05) is 0 Å². The second-order valence-corrected chi connectivity index (χ2v) is 2.98. The lowest BCUT2D eigenvalue weighted by atomic mass is 10.2. The van der Waals surface area contributed by atoms with Crippen LogP contribution in [0.15, 0.2) is 0 Å². The van der Waals surface area contributed by atoms with Gasteiger partial charge in [-0.2, -0.15) is 0 Å². The third kappa shape index (κ3) is 0.407. The highest BCUT2D eigenvalue weighted by molar-refractivity contribution is 5.08. The van der Waals surface area contributed by atoms with Crippen LogP contribution in [-0.2, 0) is 9.47 Å². The van der Waals surface area contributed by atoms with Crippen LogP contribution in [0.3, 0.4) is 0 Å². The van der Waals surface area contributed by atoms with Crippen molar-refractivity contribution in [1.29, 1.82) is 0 Å². The molecule has 4 bridgehead atoms. The summed E-state index contributed by atoms with van der Waals surface area (Å²) >= 11 is 0. The molecule has 0 amide bonds. The number of ether oxygens (including phenoxy) is 2. The minimum atomic E-state index is 0.384. The fourth-order valence-corrected chi connectivity index (χ4v) is 2.06. The van der Waals surface area contributed by atoms with Gasteiger partial charge in [-0.25, -0.2) is 0 Å². The van der Waals surface area contributed by atoms with E-state index in [0.29, 0.717) is 24.3 Å². The minimum Gasteiger partial charge on any atom is -0.372 e. The highest BCUT2D eigenvalue weighted by Gasteiger charge is 2.54. The maximum atomic E-state index is 5.45. The summed E-state index contributed by atoms with van der Waals surface area (Å²) < 4.78 is 10.9. The highest BCUT2D eigenvalue weighted by Crippen LogP contribution is 2.33. The Morgan fingerprint density at radius 3 is 1.89 bits per heavy atom. The molecular formula is C6H9NO2. The van der Waals surface area contributed by atoms with Crippen LogP contribution in [0.5, 0.6) is 0 Å². The summed E-state index contributed by atoms with van der Waals surface area (Å²) in [5.41, 5.74) is 0. The molecule has 0 aromatic carbocycles. The van der Waals surface area contributed by atoms with Crippen molar-refractivity contribution in [2.45, 2.75) is 24.3 Å². The Kier molecular flexibility index (Phi) is 0.678. The Bertz CT molecular complexity index is 134. The molecule has 3 fully saturated rings. The maximum Gasteiger partial charge on any atom is 0.103 e. The molecule has 3 aliphatic rings. The van der Waals surface area contributed by atoms with Gasteiger partial charge >= 0.3 is 0 Å². The third-order valence-electron chi connectivity index (χ3n) is 2.48. The van der Waals surface area contributed by atoms with Crippen molar-refractivity contribution in [2.24, 2.45) is 0 Å². The summed E-state index contributed by atoms with van der Waals surface area (Å²) in [5, 5.41) is 3.44. The number of hydrogen-bond acceptors (Lipinski definition) is 3. The second kappa shape index (κ2) is 1.31. The van der Waals surface area contributed by atoms with Crippen molar-refractivity contribution in [3.8, 4) is 0 Å². The zero-order valence-electron chi connectivity index (χ0n) is 5.04. The molecule has 0 radical (unpaired) electrons. The van der Waals surface area contributed by atoms with Gasteiger partial charge in [0.05, 0.1) is 25.3 Å². The van der Waals surface area contributed by atoms with E-state index in [1.54, 1.807) is 0 Å². The third-order valence-corrected chi connectivity index (χ3v) is 2.48. The van der Waals surface area contributed by atoms with Gasteiger partial charge < -0.3 is 14.8 Å². The van der Waals surface area contributed by atoms with Crippen LogP contribution in [-0.4, -0.2) is 37.5 Å². The van der Waals surface area contributed by atoms with Crippen LogP contribution in [0.25, 0.3) is 0 Å². The molecule has 3 nitrogen and oxygen atoms in total. The van der Waals surface area contributed by atoms with Gasteiger partial charge in [-0.05, 0) is 0 Å². The Labute approximate surface area is 53.3 Å². The number of hydrogen-bond donors (Lipinski definition) is 1. The van der Waals surface area contributed by atoms with Gasteiger partial charge in [0.2, 0.25) is 0 Å². The molecule has 0 saturated carbocycles. The average molecular weight is 127 g/mol. The van der Waals surface area contributed by atoms with Gasteiger partial charge in [-0.3, -0.25) is 0 Å². The van der Waals surface area contributed by atoms with Crippen LogP contribution in [0.4, 0.5) is 0 Å².